The molecule has 2 nitrogen and oxygen atoms in total. The van der Waals surface area contributed by atoms with Crippen molar-refractivity contribution in [1.82, 2.24) is 0 Å². The second kappa shape index (κ2) is 11.6. The van der Waals surface area contributed by atoms with Crippen LogP contribution in [0.5, 0.6) is 0 Å². The molecular weight excluding hydrogens is 558 g/mol. The van der Waals surface area contributed by atoms with Gasteiger partial charge in [-0.2, -0.15) is 0 Å². The van der Waals surface area contributed by atoms with Gasteiger partial charge in [0.1, 0.15) is 11.2 Å². The van der Waals surface area contributed by atoms with Crippen molar-refractivity contribution in [2.45, 2.75) is 13.8 Å². The van der Waals surface area contributed by atoms with E-state index in [9.17, 15) is 0 Å². The lowest BCUT2D eigenvalue weighted by molar-refractivity contribution is 0.669. The first-order valence-electron chi connectivity index (χ1n) is 15.8. The molecule has 7 aromatic carbocycles. The number of furan rings is 1. The molecule has 0 fully saturated rings. The highest BCUT2D eigenvalue weighted by molar-refractivity contribution is 6.06. The summed E-state index contributed by atoms with van der Waals surface area (Å²) in [5.41, 5.74) is 15.0. The highest BCUT2D eigenvalue weighted by Gasteiger charge is 2.16. The van der Waals surface area contributed by atoms with Crippen LogP contribution in [0.1, 0.15) is 11.1 Å². The van der Waals surface area contributed by atoms with Crippen LogP contribution in [0.2, 0.25) is 0 Å². The van der Waals surface area contributed by atoms with Gasteiger partial charge in [0.05, 0.1) is 0 Å². The Bertz CT molecular complexity index is 2310. The molecule has 46 heavy (non-hydrogen) atoms. The summed E-state index contributed by atoms with van der Waals surface area (Å²) in [6, 6.07) is 58.4. The average molecular weight is 592 g/mol. The molecule has 0 amide bonds. The minimum atomic E-state index is 0.913. The van der Waals surface area contributed by atoms with Crippen molar-refractivity contribution in [3.05, 3.63) is 175 Å². The van der Waals surface area contributed by atoms with Gasteiger partial charge in [0.2, 0.25) is 0 Å². The lowest BCUT2D eigenvalue weighted by Crippen LogP contribution is -2.10. The Morgan fingerprint density at radius 1 is 0.370 bits per heavy atom. The molecule has 0 aliphatic carbocycles. The van der Waals surface area contributed by atoms with Crippen molar-refractivity contribution < 1.29 is 4.42 Å². The van der Waals surface area contributed by atoms with Crippen LogP contribution < -0.4 is 4.90 Å². The summed E-state index contributed by atoms with van der Waals surface area (Å²) in [5.74, 6) is 0. The van der Waals surface area contributed by atoms with E-state index in [0.29, 0.717) is 0 Å². The van der Waals surface area contributed by atoms with Gasteiger partial charge in [0.25, 0.3) is 0 Å². The van der Waals surface area contributed by atoms with E-state index < -0.39 is 0 Å². The summed E-state index contributed by atoms with van der Waals surface area (Å²) in [6.45, 7) is 4.39. The largest absolute Gasteiger partial charge is 0.456 e. The maximum absolute atomic E-state index is 6.07. The maximum Gasteiger partial charge on any atom is 0.135 e. The van der Waals surface area contributed by atoms with Crippen molar-refractivity contribution >= 4 is 39.0 Å². The number of aryl methyl sites for hydroxylation is 2. The van der Waals surface area contributed by atoms with E-state index in [1.54, 1.807) is 0 Å². The van der Waals surface area contributed by atoms with Crippen molar-refractivity contribution in [3.8, 4) is 33.4 Å². The summed E-state index contributed by atoms with van der Waals surface area (Å²) in [6.07, 6.45) is 0. The molecular formula is C44H33NO. The number of hydrogen-bond acceptors (Lipinski definition) is 2. The quantitative estimate of drug-likeness (QED) is 0.191. The molecule has 0 aliphatic heterocycles. The molecule has 0 unspecified atom stereocenters. The number of para-hydroxylation sites is 1. The Labute approximate surface area is 269 Å². The van der Waals surface area contributed by atoms with Crippen LogP contribution in [-0.2, 0) is 0 Å². The second-order valence-electron chi connectivity index (χ2n) is 11.9. The number of nitrogens with zero attached hydrogens (tertiary/aromatic N) is 1. The van der Waals surface area contributed by atoms with Crippen molar-refractivity contribution in [2.24, 2.45) is 0 Å². The molecule has 8 rings (SSSR count). The topological polar surface area (TPSA) is 16.4 Å². The molecule has 0 aliphatic rings. The number of benzene rings is 7. The van der Waals surface area contributed by atoms with Crippen LogP contribution in [0, 0.1) is 13.8 Å². The fourth-order valence-electron chi connectivity index (χ4n) is 6.55. The van der Waals surface area contributed by atoms with E-state index in [-0.39, 0.29) is 0 Å². The standard InChI is InChI=1S/C44H33NO/c1-30-10-6-7-13-39(30)40-26-25-38(28-31(40)2)45(36-21-16-33(17-22-36)32-11-4-3-5-12-32)37-23-18-34(19-24-37)35-20-27-44-42(29-35)41-14-8-9-15-43(41)46-44/h3-29H,1-2H3. The molecule has 0 saturated carbocycles. The number of fused-ring (bicyclic) bond motifs is 3. The Kier molecular flexibility index (Phi) is 6.96. The molecule has 220 valence electrons. The van der Waals surface area contributed by atoms with Crippen LogP contribution in [0.3, 0.4) is 0 Å². The van der Waals surface area contributed by atoms with Crippen LogP contribution in [-0.4, -0.2) is 0 Å². The van der Waals surface area contributed by atoms with Gasteiger partial charge in [-0.1, -0.05) is 109 Å². The fraction of sp³-hybridized carbons (Fsp3) is 0.0455. The first-order valence-corrected chi connectivity index (χ1v) is 15.8. The van der Waals surface area contributed by atoms with Gasteiger partial charge in [0.15, 0.2) is 0 Å². The predicted molar refractivity (Wildman–Crippen MR) is 194 cm³/mol. The summed E-state index contributed by atoms with van der Waals surface area (Å²) in [7, 11) is 0. The zero-order chi connectivity index (χ0) is 31.0. The van der Waals surface area contributed by atoms with Gasteiger partial charge in [-0.25, -0.2) is 0 Å². The molecule has 0 radical (unpaired) electrons. The highest BCUT2D eigenvalue weighted by Crippen LogP contribution is 2.40. The summed E-state index contributed by atoms with van der Waals surface area (Å²) < 4.78 is 6.07. The number of rotatable bonds is 6. The minimum Gasteiger partial charge on any atom is -0.456 e. The van der Waals surface area contributed by atoms with E-state index in [1.807, 2.05) is 12.1 Å². The fourth-order valence-corrected chi connectivity index (χ4v) is 6.55. The summed E-state index contributed by atoms with van der Waals surface area (Å²) in [5, 5.41) is 2.28. The van der Waals surface area contributed by atoms with Gasteiger partial charge >= 0.3 is 0 Å². The SMILES string of the molecule is Cc1ccccc1-c1ccc(N(c2ccc(-c3ccccc3)cc2)c2ccc(-c3ccc4oc5ccccc5c4c3)cc2)cc1C. The van der Waals surface area contributed by atoms with Crippen molar-refractivity contribution in [2.75, 3.05) is 4.90 Å². The number of hydrogen-bond donors (Lipinski definition) is 0. The van der Waals surface area contributed by atoms with Gasteiger partial charge < -0.3 is 9.32 Å². The Morgan fingerprint density at radius 2 is 0.913 bits per heavy atom. The third-order valence-electron chi connectivity index (χ3n) is 8.97. The average Bonchev–Trinajstić information content (AvgIpc) is 3.48. The van der Waals surface area contributed by atoms with E-state index in [2.05, 4.69) is 170 Å². The zero-order valence-corrected chi connectivity index (χ0v) is 25.9. The van der Waals surface area contributed by atoms with Crippen LogP contribution in [0.15, 0.2) is 168 Å². The molecule has 0 N–H and O–H groups in total. The summed E-state index contributed by atoms with van der Waals surface area (Å²) >= 11 is 0. The minimum absolute atomic E-state index is 0.913. The number of anilines is 3. The zero-order valence-electron chi connectivity index (χ0n) is 25.9. The van der Waals surface area contributed by atoms with E-state index in [4.69, 9.17) is 4.42 Å². The molecule has 0 saturated heterocycles. The first kappa shape index (κ1) is 27.7. The smallest absolute Gasteiger partial charge is 0.135 e. The molecule has 0 atom stereocenters. The highest BCUT2D eigenvalue weighted by atomic mass is 16.3. The predicted octanol–water partition coefficient (Wildman–Crippen LogP) is 12.7. The van der Waals surface area contributed by atoms with E-state index in [1.165, 1.54) is 44.5 Å². The monoisotopic (exact) mass is 591 g/mol. The van der Waals surface area contributed by atoms with Gasteiger partial charge in [-0.05, 0) is 113 Å². The summed E-state index contributed by atoms with van der Waals surface area (Å²) in [4.78, 5) is 2.35. The van der Waals surface area contributed by atoms with Crippen molar-refractivity contribution in [3.63, 3.8) is 0 Å². The first-order chi connectivity index (χ1) is 22.6. The third-order valence-corrected chi connectivity index (χ3v) is 8.97. The van der Waals surface area contributed by atoms with Crippen molar-refractivity contribution in [1.29, 1.82) is 0 Å². The van der Waals surface area contributed by atoms with Crippen LogP contribution in [0.4, 0.5) is 17.1 Å². The molecule has 0 spiro atoms. The van der Waals surface area contributed by atoms with Gasteiger partial charge in [-0.15, -0.1) is 0 Å². The lowest BCUT2D eigenvalue weighted by Gasteiger charge is -2.27. The second-order valence-corrected chi connectivity index (χ2v) is 11.9. The van der Waals surface area contributed by atoms with Gasteiger partial charge in [-0.3, -0.25) is 0 Å². The Morgan fingerprint density at radius 3 is 1.63 bits per heavy atom. The molecule has 1 heterocycles. The third kappa shape index (κ3) is 5.04. The normalized spacial score (nSPS) is 11.3. The van der Waals surface area contributed by atoms with Crippen LogP contribution >= 0.6 is 0 Å². The maximum atomic E-state index is 6.07. The van der Waals surface area contributed by atoms with E-state index in [0.717, 1.165) is 39.0 Å². The van der Waals surface area contributed by atoms with Crippen LogP contribution in [0.25, 0.3) is 55.3 Å². The van der Waals surface area contributed by atoms with Gasteiger partial charge in [0, 0.05) is 27.8 Å². The lowest BCUT2D eigenvalue weighted by atomic mass is 9.96. The molecule has 2 heteroatoms. The Hall–Kier alpha value is -5.86. The molecule has 0 bridgehead atoms. The Balaban J connectivity index is 1.20. The van der Waals surface area contributed by atoms with E-state index >= 15 is 0 Å². The molecule has 1 aromatic heterocycles. The molecule has 8 aromatic rings.